The summed E-state index contributed by atoms with van der Waals surface area (Å²) in [5.41, 5.74) is 1.85. The first-order valence-corrected chi connectivity index (χ1v) is 7.04. The van der Waals surface area contributed by atoms with Crippen LogP contribution in [0.3, 0.4) is 0 Å². The Balaban J connectivity index is 2.26. The molecule has 21 heavy (non-hydrogen) atoms. The molecule has 0 spiro atoms. The Kier molecular flexibility index (Phi) is 4.33. The van der Waals surface area contributed by atoms with Crippen LogP contribution in [0.1, 0.15) is 32.8 Å². The molecular weight excluding hydrogens is 277 g/mol. The fourth-order valence-corrected chi connectivity index (χ4v) is 2.26. The van der Waals surface area contributed by atoms with Crippen LogP contribution in [0.5, 0.6) is 0 Å². The molecule has 0 atom stereocenters. The fourth-order valence-electron chi connectivity index (χ4n) is 2.26. The summed E-state index contributed by atoms with van der Waals surface area (Å²) < 4.78 is 39.0. The van der Waals surface area contributed by atoms with Gasteiger partial charge in [-0.05, 0) is 32.4 Å². The van der Waals surface area contributed by atoms with Crippen molar-refractivity contribution in [3.05, 3.63) is 36.0 Å². The molecule has 1 aromatic carbocycles. The maximum absolute atomic E-state index is 12.4. The summed E-state index contributed by atoms with van der Waals surface area (Å²) in [7, 11) is 0. The van der Waals surface area contributed by atoms with Crippen molar-refractivity contribution in [1.29, 1.82) is 0 Å². The second kappa shape index (κ2) is 5.72. The van der Waals surface area contributed by atoms with Crippen LogP contribution in [0, 0.1) is 0 Å². The van der Waals surface area contributed by atoms with E-state index in [0.717, 1.165) is 16.5 Å². The number of hydrogen-bond donors (Lipinski definition) is 1. The second-order valence-corrected chi connectivity index (χ2v) is 6.33. The summed E-state index contributed by atoms with van der Waals surface area (Å²) in [4.78, 5) is 0. The monoisotopic (exact) mass is 298 g/mol. The number of halogens is 3. The molecule has 2 aromatic rings. The zero-order valence-electron chi connectivity index (χ0n) is 12.6. The molecule has 0 aliphatic rings. The van der Waals surface area contributed by atoms with Crippen molar-refractivity contribution in [2.45, 2.75) is 52.0 Å². The first-order chi connectivity index (χ1) is 9.66. The van der Waals surface area contributed by atoms with Crippen molar-refractivity contribution in [1.82, 2.24) is 9.88 Å². The number of para-hydroxylation sites is 1. The Labute approximate surface area is 122 Å². The molecule has 2 rings (SSSR count). The summed E-state index contributed by atoms with van der Waals surface area (Å²) in [6, 6.07) is 7.59. The third kappa shape index (κ3) is 4.49. The van der Waals surface area contributed by atoms with E-state index in [4.69, 9.17) is 0 Å². The average Bonchev–Trinajstić information content (AvgIpc) is 2.71. The molecule has 1 heterocycles. The van der Waals surface area contributed by atoms with E-state index in [1.165, 1.54) is 0 Å². The molecule has 0 bridgehead atoms. The molecule has 116 valence electrons. The fraction of sp³-hybridized carbons (Fsp3) is 0.500. The smallest absolute Gasteiger partial charge is 0.347 e. The minimum Gasteiger partial charge on any atom is -0.347 e. The van der Waals surface area contributed by atoms with Crippen molar-refractivity contribution in [3.63, 3.8) is 0 Å². The van der Waals surface area contributed by atoms with Gasteiger partial charge < -0.3 is 9.88 Å². The molecule has 0 aliphatic carbocycles. The van der Waals surface area contributed by atoms with Crippen molar-refractivity contribution in [3.8, 4) is 0 Å². The Morgan fingerprint density at radius 3 is 2.38 bits per heavy atom. The van der Waals surface area contributed by atoms with Crippen molar-refractivity contribution >= 4 is 10.9 Å². The van der Waals surface area contributed by atoms with Gasteiger partial charge in [-0.25, -0.2) is 0 Å². The lowest BCUT2D eigenvalue weighted by Gasteiger charge is -2.20. The van der Waals surface area contributed by atoms with Crippen LogP contribution < -0.4 is 5.32 Å². The van der Waals surface area contributed by atoms with Gasteiger partial charge in [-0.2, -0.15) is 13.2 Å². The summed E-state index contributed by atoms with van der Waals surface area (Å²) >= 11 is 0. The van der Waals surface area contributed by atoms with E-state index in [0.29, 0.717) is 6.54 Å². The predicted molar refractivity (Wildman–Crippen MR) is 79.2 cm³/mol. The van der Waals surface area contributed by atoms with Crippen molar-refractivity contribution in [2.75, 3.05) is 0 Å². The molecule has 0 unspecified atom stereocenters. The van der Waals surface area contributed by atoms with Gasteiger partial charge in [0.1, 0.15) is 0 Å². The Bertz CT molecular complexity index is 554. The van der Waals surface area contributed by atoms with Crippen LogP contribution in [-0.2, 0) is 13.1 Å². The Hall–Kier alpha value is -1.49. The largest absolute Gasteiger partial charge is 0.390 e. The van der Waals surface area contributed by atoms with E-state index in [1.807, 2.05) is 30.5 Å². The van der Waals surface area contributed by atoms with Gasteiger partial charge in [0, 0.05) is 35.7 Å². The minimum absolute atomic E-state index is 0.0326. The number of fused-ring (bicyclic) bond motifs is 1. The number of aromatic nitrogens is 1. The maximum atomic E-state index is 12.4. The number of rotatable bonds is 4. The van der Waals surface area contributed by atoms with Gasteiger partial charge in [-0.15, -0.1) is 0 Å². The number of nitrogens with one attached hydrogen (secondary N) is 1. The zero-order valence-corrected chi connectivity index (χ0v) is 12.6. The van der Waals surface area contributed by atoms with Crippen LogP contribution in [0.15, 0.2) is 30.5 Å². The van der Waals surface area contributed by atoms with Crippen LogP contribution in [0.2, 0.25) is 0 Å². The summed E-state index contributed by atoms with van der Waals surface area (Å²) in [5.74, 6) is 0. The Morgan fingerprint density at radius 1 is 1.10 bits per heavy atom. The second-order valence-electron chi connectivity index (χ2n) is 6.33. The number of hydrogen-bond acceptors (Lipinski definition) is 1. The van der Waals surface area contributed by atoms with Gasteiger partial charge in [0.15, 0.2) is 0 Å². The first-order valence-electron chi connectivity index (χ1n) is 7.04. The number of alkyl halides is 3. The molecule has 0 aliphatic heterocycles. The topological polar surface area (TPSA) is 17.0 Å². The predicted octanol–water partition coefficient (Wildman–Crippen LogP) is 4.48. The highest BCUT2D eigenvalue weighted by Gasteiger charge is 2.27. The van der Waals surface area contributed by atoms with Gasteiger partial charge in [0.05, 0.1) is 6.42 Å². The summed E-state index contributed by atoms with van der Waals surface area (Å²) in [5, 5.41) is 4.39. The average molecular weight is 298 g/mol. The third-order valence-electron chi connectivity index (χ3n) is 3.32. The highest BCUT2D eigenvalue weighted by atomic mass is 19.4. The van der Waals surface area contributed by atoms with E-state index in [9.17, 15) is 13.2 Å². The molecule has 2 nitrogen and oxygen atoms in total. The lowest BCUT2D eigenvalue weighted by atomic mass is 10.1. The van der Waals surface area contributed by atoms with Crippen LogP contribution in [0.4, 0.5) is 13.2 Å². The maximum Gasteiger partial charge on any atom is 0.390 e. The SMILES string of the molecule is CC(C)(C)NCc1cn(CCC(F)(F)F)c2ccccc12. The van der Waals surface area contributed by atoms with E-state index in [2.05, 4.69) is 26.1 Å². The summed E-state index contributed by atoms with van der Waals surface area (Å²) in [6.45, 7) is 6.80. The molecule has 0 fully saturated rings. The molecule has 0 radical (unpaired) electrons. The molecule has 0 amide bonds. The van der Waals surface area contributed by atoms with E-state index >= 15 is 0 Å². The molecular formula is C16H21F3N2. The van der Waals surface area contributed by atoms with Gasteiger partial charge in [0.25, 0.3) is 0 Å². The number of benzene rings is 1. The minimum atomic E-state index is -4.13. The van der Waals surface area contributed by atoms with Gasteiger partial charge in [-0.3, -0.25) is 0 Å². The van der Waals surface area contributed by atoms with Gasteiger partial charge in [-0.1, -0.05) is 18.2 Å². The molecule has 5 heteroatoms. The molecule has 1 N–H and O–H groups in total. The Morgan fingerprint density at radius 2 is 1.76 bits per heavy atom. The van der Waals surface area contributed by atoms with E-state index in [1.54, 1.807) is 4.57 Å². The van der Waals surface area contributed by atoms with E-state index in [-0.39, 0.29) is 12.1 Å². The molecule has 0 saturated carbocycles. The standard InChI is InChI=1S/C16H21F3N2/c1-15(2,3)20-10-12-11-21(9-8-16(17,18)19)14-7-5-4-6-13(12)14/h4-7,11,20H,8-10H2,1-3H3. The number of aryl methyl sites for hydroxylation is 1. The third-order valence-corrected chi connectivity index (χ3v) is 3.32. The van der Waals surface area contributed by atoms with Gasteiger partial charge >= 0.3 is 6.18 Å². The lowest BCUT2D eigenvalue weighted by molar-refractivity contribution is -0.136. The summed E-state index contributed by atoms with van der Waals surface area (Å²) in [6.07, 6.45) is -3.11. The normalized spacial score (nSPS) is 13.0. The highest BCUT2D eigenvalue weighted by Crippen LogP contribution is 2.25. The molecule has 1 aromatic heterocycles. The quantitative estimate of drug-likeness (QED) is 0.880. The van der Waals surface area contributed by atoms with Gasteiger partial charge in [0.2, 0.25) is 0 Å². The highest BCUT2D eigenvalue weighted by molar-refractivity contribution is 5.83. The first kappa shape index (κ1) is 15.9. The van der Waals surface area contributed by atoms with E-state index < -0.39 is 12.6 Å². The zero-order chi connectivity index (χ0) is 15.7. The van der Waals surface area contributed by atoms with Crippen LogP contribution in [-0.4, -0.2) is 16.3 Å². The number of nitrogens with zero attached hydrogens (tertiary/aromatic N) is 1. The van der Waals surface area contributed by atoms with Crippen molar-refractivity contribution < 1.29 is 13.2 Å². The van der Waals surface area contributed by atoms with Crippen LogP contribution in [0.25, 0.3) is 10.9 Å². The molecule has 0 saturated heterocycles. The van der Waals surface area contributed by atoms with Crippen molar-refractivity contribution in [2.24, 2.45) is 0 Å². The van der Waals surface area contributed by atoms with Crippen LogP contribution >= 0.6 is 0 Å². The lowest BCUT2D eigenvalue weighted by Crippen LogP contribution is -2.34.